The van der Waals surface area contributed by atoms with Gasteiger partial charge in [-0.1, -0.05) is 24.3 Å². The van der Waals surface area contributed by atoms with Crippen LogP contribution < -0.4 is 15.5 Å². The van der Waals surface area contributed by atoms with E-state index in [2.05, 4.69) is 10.6 Å². The van der Waals surface area contributed by atoms with Crippen molar-refractivity contribution in [3.05, 3.63) is 59.7 Å². The summed E-state index contributed by atoms with van der Waals surface area (Å²) in [5.74, 6) is -0.0122. The second-order valence-electron chi connectivity index (χ2n) is 6.03. The Bertz CT molecular complexity index is 808. The first kappa shape index (κ1) is 17.1. The van der Waals surface area contributed by atoms with Crippen LogP contribution in [0.2, 0.25) is 0 Å². The molecule has 1 aliphatic carbocycles. The number of rotatable bonds is 4. The van der Waals surface area contributed by atoms with Crippen molar-refractivity contribution >= 4 is 41.0 Å². The Kier molecular flexibility index (Phi) is 5.09. The number of amides is 2. The van der Waals surface area contributed by atoms with Crippen LogP contribution in [0.1, 0.15) is 18.1 Å². The summed E-state index contributed by atoms with van der Waals surface area (Å²) >= 11 is 5.37. The van der Waals surface area contributed by atoms with Crippen LogP contribution in [-0.2, 0) is 22.4 Å². The van der Waals surface area contributed by atoms with E-state index in [1.807, 2.05) is 48.5 Å². The van der Waals surface area contributed by atoms with Crippen LogP contribution in [0.3, 0.4) is 0 Å². The molecule has 3 rings (SSSR count). The number of hydrogen-bond donors (Lipinski definition) is 2. The highest BCUT2D eigenvalue weighted by Gasteiger charge is 2.22. The lowest BCUT2D eigenvalue weighted by Gasteiger charge is -2.19. The Morgan fingerprint density at radius 1 is 1.16 bits per heavy atom. The lowest BCUT2D eigenvalue weighted by atomic mass is 10.1. The van der Waals surface area contributed by atoms with E-state index < -0.39 is 0 Å². The first-order valence-electron chi connectivity index (χ1n) is 8.06. The van der Waals surface area contributed by atoms with E-state index in [0.717, 1.165) is 18.5 Å². The molecule has 2 aromatic rings. The van der Waals surface area contributed by atoms with Crippen LogP contribution in [0.5, 0.6) is 0 Å². The maximum atomic E-state index is 11.4. The molecule has 1 aliphatic rings. The Morgan fingerprint density at radius 2 is 1.88 bits per heavy atom. The molecule has 6 heteroatoms. The van der Waals surface area contributed by atoms with Crippen molar-refractivity contribution in [2.45, 2.75) is 25.8 Å². The van der Waals surface area contributed by atoms with Gasteiger partial charge in [0.1, 0.15) is 0 Å². The van der Waals surface area contributed by atoms with Crippen LogP contribution in [0.4, 0.5) is 11.4 Å². The average molecular weight is 353 g/mol. The fourth-order valence-corrected chi connectivity index (χ4v) is 3.35. The van der Waals surface area contributed by atoms with Crippen molar-refractivity contribution in [1.82, 2.24) is 5.32 Å². The van der Waals surface area contributed by atoms with Crippen molar-refractivity contribution in [3.63, 3.8) is 0 Å². The van der Waals surface area contributed by atoms with E-state index in [4.69, 9.17) is 12.2 Å². The van der Waals surface area contributed by atoms with E-state index in [-0.39, 0.29) is 11.9 Å². The van der Waals surface area contributed by atoms with Gasteiger partial charge in [-0.2, -0.15) is 0 Å². The van der Waals surface area contributed by atoms with E-state index in [1.165, 1.54) is 23.0 Å². The standard InChI is InChI=1S/C19H19N3O2S/c1-13(24)20-17-9-14-7-8-16(10-15(14)11-17)21-19(25)22(12-23)18-5-3-2-4-6-18/h2-8,10,12,17H,9,11H2,1H3,(H,20,24)(H,21,25). The molecule has 0 spiro atoms. The fraction of sp³-hybridized carbons (Fsp3) is 0.211. The quantitative estimate of drug-likeness (QED) is 0.655. The van der Waals surface area contributed by atoms with Gasteiger partial charge < -0.3 is 10.6 Å². The van der Waals surface area contributed by atoms with Crippen molar-refractivity contribution in [3.8, 4) is 0 Å². The number of para-hydroxylation sites is 1. The third-order valence-corrected chi connectivity index (χ3v) is 4.45. The zero-order valence-electron chi connectivity index (χ0n) is 13.9. The van der Waals surface area contributed by atoms with E-state index in [0.29, 0.717) is 17.2 Å². The SMILES string of the molecule is CC(=O)NC1Cc2ccc(NC(=S)N(C=O)c3ccccc3)cc2C1. The molecular formula is C19H19N3O2S. The molecule has 0 aliphatic heterocycles. The Morgan fingerprint density at radius 3 is 2.56 bits per heavy atom. The molecule has 0 fully saturated rings. The molecule has 0 saturated heterocycles. The van der Waals surface area contributed by atoms with Gasteiger partial charge in [0.25, 0.3) is 0 Å². The summed E-state index contributed by atoms with van der Waals surface area (Å²) in [6, 6.07) is 15.4. The number of anilines is 2. The molecule has 0 heterocycles. The van der Waals surface area contributed by atoms with Gasteiger partial charge in [0, 0.05) is 18.7 Å². The predicted octanol–water partition coefficient (Wildman–Crippen LogP) is 2.65. The number of fused-ring (bicyclic) bond motifs is 1. The number of nitrogens with one attached hydrogen (secondary N) is 2. The Hall–Kier alpha value is -2.73. The third kappa shape index (κ3) is 4.03. The van der Waals surface area contributed by atoms with Crippen molar-refractivity contribution in [2.75, 3.05) is 10.2 Å². The van der Waals surface area contributed by atoms with Crippen molar-refractivity contribution < 1.29 is 9.59 Å². The minimum atomic E-state index is -0.0122. The highest BCUT2D eigenvalue weighted by atomic mass is 32.1. The van der Waals surface area contributed by atoms with Gasteiger partial charge in [-0.25, -0.2) is 0 Å². The van der Waals surface area contributed by atoms with E-state index in [9.17, 15) is 9.59 Å². The van der Waals surface area contributed by atoms with Crippen molar-refractivity contribution in [2.24, 2.45) is 0 Å². The topological polar surface area (TPSA) is 61.4 Å². The molecular weight excluding hydrogens is 334 g/mol. The monoisotopic (exact) mass is 353 g/mol. The number of thiocarbonyl (C=S) groups is 1. The summed E-state index contributed by atoms with van der Waals surface area (Å²) in [5.41, 5.74) is 3.95. The largest absolute Gasteiger partial charge is 0.353 e. The normalized spacial score (nSPS) is 15.2. The summed E-state index contributed by atoms with van der Waals surface area (Å²) in [6.45, 7) is 1.53. The maximum Gasteiger partial charge on any atom is 0.220 e. The molecule has 2 N–H and O–H groups in total. The summed E-state index contributed by atoms with van der Waals surface area (Å²) in [5, 5.41) is 6.39. The molecule has 0 saturated carbocycles. The Labute approximate surface area is 152 Å². The van der Waals surface area contributed by atoms with Gasteiger partial charge in [-0.15, -0.1) is 0 Å². The molecule has 1 atom stereocenters. The van der Waals surface area contributed by atoms with Crippen LogP contribution in [0, 0.1) is 0 Å². The first-order chi connectivity index (χ1) is 12.1. The zero-order chi connectivity index (χ0) is 17.8. The number of carbonyl (C=O) groups excluding carboxylic acids is 2. The number of carbonyl (C=O) groups is 2. The number of benzene rings is 2. The van der Waals surface area contributed by atoms with Gasteiger partial charge in [-0.05, 0) is 60.5 Å². The molecule has 2 aromatic carbocycles. The van der Waals surface area contributed by atoms with Gasteiger partial charge in [0.05, 0.1) is 5.69 Å². The third-order valence-electron chi connectivity index (χ3n) is 4.16. The molecule has 0 aromatic heterocycles. The minimum Gasteiger partial charge on any atom is -0.353 e. The molecule has 0 bridgehead atoms. The average Bonchev–Trinajstić information content (AvgIpc) is 2.97. The van der Waals surface area contributed by atoms with Gasteiger partial charge in [0.2, 0.25) is 12.3 Å². The lowest BCUT2D eigenvalue weighted by molar-refractivity contribution is -0.119. The molecule has 2 amide bonds. The van der Waals surface area contributed by atoms with Gasteiger partial charge in [-0.3, -0.25) is 14.5 Å². The predicted molar refractivity (Wildman–Crippen MR) is 103 cm³/mol. The molecule has 25 heavy (non-hydrogen) atoms. The van der Waals surface area contributed by atoms with Gasteiger partial charge in [0.15, 0.2) is 5.11 Å². The zero-order valence-corrected chi connectivity index (χ0v) is 14.7. The number of nitrogens with zero attached hydrogens (tertiary/aromatic N) is 1. The summed E-state index contributed by atoms with van der Waals surface area (Å²) in [6.07, 6.45) is 2.34. The minimum absolute atomic E-state index is 0.0122. The van der Waals surface area contributed by atoms with Crippen molar-refractivity contribution in [1.29, 1.82) is 0 Å². The van der Waals surface area contributed by atoms with E-state index >= 15 is 0 Å². The summed E-state index contributed by atoms with van der Waals surface area (Å²) in [7, 11) is 0. The molecule has 128 valence electrons. The molecule has 1 unspecified atom stereocenters. The van der Waals surface area contributed by atoms with Crippen LogP contribution in [-0.4, -0.2) is 23.5 Å². The van der Waals surface area contributed by atoms with Gasteiger partial charge >= 0.3 is 0 Å². The number of hydrogen-bond acceptors (Lipinski definition) is 3. The van der Waals surface area contributed by atoms with Crippen LogP contribution in [0.15, 0.2) is 48.5 Å². The second-order valence-corrected chi connectivity index (χ2v) is 6.42. The molecule has 5 nitrogen and oxygen atoms in total. The second kappa shape index (κ2) is 7.44. The highest BCUT2D eigenvalue weighted by molar-refractivity contribution is 7.80. The summed E-state index contributed by atoms with van der Waals surface area (Å²) < 4.78 is 0. The lowest BCUT2D eigenvalue weighted by Crippen LogP contribution is -2.33. The smallest absolute Gasteiger partial charge is 0.220 e. The first-order valence-corrected chi connectivity index (χ1v) is 8.47. The highest BCUT2D eigenvalue weighted by Crippen LogP contribution is 2.26. The molecule has 0 radical (unpaired) electrons. The summed E-state index contributed by atoms with van der Waals surface area (Å²) in [4.78, 5) is 24.0. The van der Waals surface area contributed by atoms with Crippen LogP contribution >= 0.6 is 12.2 Å². The van der Waals surface area contributed by atoms with E-state index in [1.54, 1.807) is 0 Å². The van der Waals surface area contributed by atoms with Crippen LogP contribution in [0.25, 0.3) is 0 Å². The Balaban J connectivity index is 1.71. The maximum absolute atomic E-state index is 11.4. The fourth-order valence-electron chi connectivity index (χ4n) is 3.08.